The smallest absolute Gasteiger partial charge is 0.318 e. The average Bonchev–Trinajstić information content (AvgIpc) is 3.00. The van der Waals surface area contributed by atoms with Gasteiger partial charge < -0.3 is 14.2 Å². The number of thiophene rings is 1. The van der Waals surface area contributed by atoms with Gasteiger partial charge >= 0.3 is 5.97 Å². The van der Waals surface area contributed by atoms with E-state index in [2.05, 4.69) is 12.1 Å². The van der Waals surface area contributed by atoms with Gasteiger partial charge in [-0.3, -0.25) is 4.79 Å². The predicted octanol–water partition coefficient (Wildman–Crippen LogP) is 3.21. The molecule has 22 heavy (non-hydrogen) atoms. The molecule has 4 nitrogen and oxygen atoms in total. The third kappa shape index (κ3) is 3.74. The van der Waals surface area contributed by atoms with E-state index in [9.17, 15) is 4.79 Å². The van der Waals surface area contributed by atoms with E-state index in [1.807, 2.05) is 29.6 Å². The highest BCUT2D eigenvalue weighted by Crippen LogP contribution is 2.32. The molecule has 0 amide bonds. The third-order valence-electron chi connectivity index (χ3n) is 3.51. The van der Waals surface area contributed by atoms with Crippen molar-refractivity contribution >= 4 is 17.3 Å². The van der Waals surface area contributed by atoms with Crippen LogP contribution in [0.2, 0.25) is 0 Å². The normalized spacial score (nSPS) is 12.4. The molecule has 5 heteroatoms. The van der Waals surface area contributed by atoms with Crippen molar-refractivity contribution < 1.29 is 19.0 Å². The summed E-state index contributed by atoms with van der Waals surface area (Å²) in [4.78, 5) is 13.3. The van der Waals surface area contributed by atoms with Crippen LogP contribution < -0.4 is 0 Å². The fourth-order valence-electron chi connectivity index (χ4n) is 2.43. The number of ether oxygens (including phenoxy) is 3. The molecule has 0 saturated carbocycles. The number of hydrogen-bond acceptors (Lipinski definition) is 5. The van der Waals surface area contributed by atoms with E-state index in [4.69, 9.17) is 14.2 Å². The van der Waals surface area contributed by atoms with Crippen LogP contribution in [0.1, 0.15) is 21.9 Å². The Bertz CT molecular complexity index is 590. The molecular weight excluding hydrogens is 300 g/mol. The maximum atomic E-state index is 12.2. The van der Waals surface area contributed by atoms with Crippen molar-refractivity contribution in [3.8, 4) is 0 Å². The lowest BCUT2D eigenvalue weighted by molar-refractivity contribution is -0.163. The van der Waals surface area contributed by atoms with Crippen LogP contribution in [0.15, 0.2) is 41.8 Å². The molecule has 0 saturated heterocycles. The molecule has 1 atom stereocenters. The van der Waals surface area contributed by atoms with Crippen molar-refractivity contribution in [1.29, 1.82) is 0 Å². The lowest BCUT2D eigenvalue weighted by Crippen LogP contribution is -2.30. The predicted molar refractivity (Wildman–Crippen MR) is 86.1 cm³/mol. The summed E-state index contributed by atoms with van der Waals surface area (Å²) in [6, 6.07) is 12.1. The van der Waals surface area contributed by atoms with Gasteiger partial charge in [0, 0.05) is 25.5 Å². The van der Waals surface area contributed by atoms with Gasteiger partial charge in [-0.05, 0) is 22.6 Å². The molecule has 0 aliphatic rings. The van der Waals surface area contributed by atoms with E-state index in [-0.39, 0.29) is 5.97 Å². The summed E-state index contributed by atoms with van der Waals surface area (Å²) in [6.45, 7) is 0. The van der Waals surface area contributed by atoms with Crippen LogP contribution in [-0.4, -0.2) is 33.6 Å². The second-order valence-electron chi connectivity index (χ2n) is 4.80. The molecule has 1 aromatic carbocycles. The second-order valence-corrected chi connectivity index (χ2v) is 5.80. The monoisotopic (exact) mass is 320 g/mol. The van der Waals surface area contributed by atoms with Crippen LogP contribution in [0.3, 0.4) is 0 Å². The molecule has 0 aliphatic carbocycles. The fraction of sp³-hybridized carbons (Fsp3) is 0.353. The number of methoxy groups -OCH3 is 3. The van der Waals surface area contributed by atoms with Crippen LogP contribution in [0.5, 0.6) is 0 Å². The van der Waals surface area contributed by atoms with Crippen molar-refractivity contribution in [2.24, 2.45) is 0 Å². The highest BCUT2D eigenvalue weighted by molar-refractivity contribution is 7.10. The zero-order chi connectivity index (χ0) is 15.9. The van der Waals surface area contributed by atoms with Crippen LogP contribution in [-0.2, 0) is 25.4 Å². The summed E-state index contributed by atoms with van der Waals surface area (Å²) in [5, 5.41) is 1.98. The molecule has 0 aliphatic heterocycles. The van der Waals surface area contributed by atoms with E-state index >= 15 is 0 Å². The summed E-state index contributed by atoms with van der Waals surface area (Å²) in [7, 11) is 4.42. The Morgan fingerprint density at radius 3 is 2.36 bits per heavy atom. The van der Waals surface area contributed by atoms with Gasteiger partial charge in [-0.2, -0.15) is 0 Å². The van der Waals surface area contributed by atoms with E-state index < -0.39 is 12.2 Å². The van der Waals surface area contributed by atoms with Crippen LogP contribution >= 0.6 is 11.3 Å². The maximum Gasteiger partial charge on any atom is 0.318 e. The molecule has 0 bridgehead atoms. The Labute approximate surface area is 134 Å². The quantitative estimate of drug-likeness (QED) is 0.580. The minimum absolute atomic E-state index is 0.360. The molecule has 118 valence electrons. The van der Waals surface area contributed by atoms with Gasteiger partial charge in [-0.1, -0.05) is 30.3 Å². The van der Waals surface area contributed by atoms with E-state index in [0.717, 1.165) is 16.9 Å². The number of carbonyl (C=O) groups excluding carboxylic acids is 1. The first-order valence-electron chi connectivity index (χ1n) is 6.94. The van der Waals surface area contributed by atoms with Crippen molar-refractivity contribution in [1.82, 2.24) is 0 Å². The van der Waals surface area contributed by atoms with Crippen LogP contribution in [0, 0.1) is 0 Å². The Hall–Kier alpha value is -1.69. The highest BCUT2D eigenvalue weighted by atomic mass is 32.1. The molecule has 1 unspecified atom stereocenters. The van der Waals surface area contributed by atoms with Crippen LogP contribution in [0.4, 0.5) is 0 Å². The van der Waals surface area contributed by atoms with Crippen molar-refractivity contribution in [2.75, 3.05) is 21.3 Å². The number of hydrogen-bond donors (Lipinski definition) is 0. The van der Waals surface area contributed by atoms with Crippen molar-refractivity contribution in [2.45, 2.75) is 18.6 Å². The van der Waals surface area contributed by atoms with Gasteiger partial charge in [0.25, 0.3) is 0 Å². The molecule has 1 heterocycles. The minimum Gasteiger partial charge on any atom is -0.468 e. The van der Waals surface area contributed by atoms with Crippen LogP contribution in [0.25, 0.3) is 0 Å². The topological polar surface area (TPSA) is 44.8 Å². The van der Waals surface area contributed by atoms with Gasteiger partial charge in [0.05, 0.1) is 7.11 Å². The first-order chi connectivity index (χ1) is 10.7. The third-order valence-corrected chi connectivity index (χ3v) is 4.45. The number of esters is 1. The zero-order valence-electron chi connectivity index (χ0n) is 12.9. The summed E-state index contributed by atoms with van der Waals surface area (Å²) >= 11 is 1.62. The lowest BCUT2D eigenvalue weighted by atomic mass is 9.96. The van der Waals surface area contributed by atoms with Gasteiger partial charge in [0.15, 0.2) is 6.29 Å². The molecule has 0 spiro atoms. The van der Waals surface area contributed by atoms with Gasteiger partial charge in [0.2, 0.25) is 0 Å². The standard InChI is InChI=1S/C17H20O4S/c1-19-16(18)15(17(20-2)21-3)13-9-10-22-14(13)11-12-7-5-4-6-8-12/h4-10,15,17H,11H2,1-3H3. The first-order valence-corrected chi connectivity index (χ1v) is 7.82. The zero-order valence-corrected chi connectivity index (χ0v) is 13.8. The molecule has 0 N–H and O–H groups in total. The summed E-state index contributed by atoms with van der Waals surface area (Å²) in [6.07, 6.45) is 0.0955. The lowest BCUT2D eigenvalue weighted by Gasteiger charge is -2.23. The fourth-order valence-corrected chi connectivity index (χ4v) is 3.39. The minimum atomic E-state index is -0.670. The number of benzene rings is 1. The Balaban J connectivity index is 2.33. The molecule has 1 aromatic heterocycles. The van der Waals surface area contributed by atoms with Gasteiger partial charge in [0.1, 0.15) is 5.92 Å². The van der Waals surface area contributed by atoms with Crippen molar-refractivity contribution in [3.05, 3.63) is 57.8 Å². The Morgan fingerprint density at radius 1 is 1.09 bits per heavy atom. The SMILES string of the molecule is COC(=O)C(c1ccsc1Cc1ccccc1)C(OC)OC. The Kier molecular flexibility index (Phi) is 6.12. The van der Waals surface area contributed by atoms with E-state index in [1.165, 1.54) is 26.9 Å². The molecule has 2 aromatic rings. The van der Waals surface area contributed by atoms with Crippen molar-refractivity contribution in [3.63, 3.8) is 0 Å². The molecular formula is C17H20O4S. The van der Waals surface area contributed by atoms with E-state index in [1.54, 1.807) is 11.3 Å². The highest BCUT2D eigenvalue weighted by Gasteiger charge is 2.33. The first kappa shape index (κ1) is 16.7. The Morgan fingerprint density at radius 2 is 1.77 bits per heavy atom. The molecule has 0 fully saturated rings. The van der Waals surface area contributed by atoms with Gasteiger partial charge in [-0.15, -0.1) is 11.3 Å². The molecule has 2 rings (SSSR count). The largest absolute Gasteiger partial charge is 0.468 e. The molecule has 0 radical (unpaired) electrons. The second kappa shape index (κ2) is 8.08. The van der Waals surface area contributed by atoms with E-state index in [0.29, 0.717) is 0 Å². The average molecular weight is 320 g/mol. The summed E-state index contributed by atoms with van der Waals surface area (Å²) in [5.74, 6) is -0.952. The number of carbonyl (C=O) groups is 1. The summed E-state index contributed by atoms with van der Waals surface area (Å²) < 4.78 is 15.5. The number of rotatable bonds is 7. The van der Waals surface area contributed by atoms with Gasteiger partial charge in [-0.25, -0.2) is 0 Å². The summed E-state index contributed by atoms with van der Waals surface area (Å²) in [5.41, 5.74) is 2.09. The maximum absolute atomic E-state index is 12.2.